The normalized spacial score (nSPS) is 32.5. The summed E-state index contributed by atoms with van der Waals surface area (Å²) >= 11 is 1.56. The molecule has 0 atom stereocenters. The molecule has 29 heavy (non-hydrogen) atoms. The Bertz CT molecular complexity index is 780. The van der Waals surface area contributed by atoms with Crippen LogP contribution >= 0.6 is 11.3 Å². The third-order valence-electron chi connectivity index (χ3n) is 7.61. The van der Waals surface area contributed by atoms with Crippen molar-refractivity contribution in [1.82, 2.24) is 9.88 Å². The Morgan fingerprint density at radius 2 is 1.83 bits per heavy atom. The lowest BCUT2D eigenvalue weighted by Gasteiger charge is -2.56. The molecule has 1 aromatic rings. The van der Waals surface area contributed by atoms with E-state index in [4.69, 9.17) is 0 Å². The van der Waals surface area contributed by atoms with Gasteiger partial charge in [-0.2, -0.15) is 0 Å². The number of carbonyl (C=O) groups is 2. The minimum absolute atomic E-state index is 0.144. The first kappa shape index (κ1) is 19.5. The summed E-state index contributed by atoms with van der Waals surface area (Å²) in [4.78, 5) is 33.1. The molecule has 0 unspecified atom stereocenters. The van der Waals surface area contributed by atoms with Gasteiger partial charge in [-0.05, 0) is 67.6 Å². The maximum absolute atomic E-state index is 12.9. The molecule has 5 aliphatic rings. The number of amides is 2. The van der Waals surface area contributed by atoms with E-state index in [-0.39, 0.29) is 17.2 Å². The summed E-state index contributed by atoms with van der Waals surface area (Å²) in [5.41, 5.74) is 1.32. The van der Waals surface area contributed by atoms with E-state index in [1.807, 2.05) is 4.90 Å². The largest absolute Gasteiger partial charge is 0.337 e. The van der Waals surface area contributed by atoms with Gasteiger partial charge in [0.1, 0.15) is 0 Å². The van der Waals surface area contributed by atoms with Gasteiger partial charge in [0.15, 0.2) is 5.13 Å². The summed E-state index contributed by atoms with van der Waals surface area (Å²) in [7, 11) is 0. The third-order valence-corrected chi connectivity index (χ3v) is 8.61. The minimum atomic E-state index is 0.144. The van der Waals surface area contributed by atoms with Crippen molar-refractivity contribution in [3.05, 3.63) is 10.6 Å². The zero-order valence-electron chi connectivity index (χ0n) is 17.7. The van der Waals surface area contributed by atoms with Crippen molar-refractivity contribution in [2.24, 2.45) is 29.1 Å². The molecule has 158 valence electrons. The van der Waals surface area contributed by atoms with E-state index < -0.39 is 0 Å². The number of carbonyl (C=O) groups excluding carboxylic acids is 2. The minimum Gasteiger partial charge on any atom is -0.337 e. The van der Waals surface area contributed by atoms with Gasteiger partial charge < -0.3 is 10.2 Å². The number of nitrogens with zero attached hydrogens (tertiary/aromatic N) is 2. The van der Waals surface area contributed by atoms with Crippen LogP contribution in [0.25, 0.3) is 0 Å². The van der Waals surface area contributed by atoms with Gasteiger partial charge in [0, 0.05) is 30.7 Å². The fourth-order valence-electron chi connectivity index (χ4n) is 6.95. The Labute approximate surface area is 177 Å². The molecule has 6 rings (SSSR count). The van der Waals surface area contributed by atoms with Crippen molar-refractivity contribution in [3.63, 3.8) is 0 Å². The Hall–Kier alpha value is -1.43. The number of fused-ring (bicyclic) bond motifs is 1. The maximum Gasteiger partial charge on any atom is 0.226 e. The fraction of sp³-hybridized carbons (Fsp3) is 0.783. The van der Waals surface area contributed by atoms with Gasteiger partial charge in [0.25, 0.3) is 0 Å². The molecule has 4 aliphatic carbocycles. The van der Waals surface area contributed by atoms with Gasteiger partial charge in [-0.3, -0.25) is 9.59 Å². The van der Waals surface area contributed by atoms with Crippen LogP contribution in [0.5, 0.6) is 0 Å². The number of hydrogen-bond acceptors (Lipinski definition) is 4. The lowest BCUT2D eigenvalue weighted by atomic mass is 9.49. The zero-order valence-corrected chi connectivity index (χ0v) is 18.5. The van der Waals surface area contributed by atoms with Gasteiger partial charge >= 0.3 is 0 Å². The first-order chi connectivity index (χ1) is 13.9. The Balaban J connectivity index is 1.21. The molecule has 1 aromatic heterocycles. The Kier molecular flexibility index (Phi) is 4.96. The van der Waals surface area contributed by atoms with Crippen molar-refractivity contribution in [2.75, 3.05) is 11.9 Å². The fourth-order valence-corrected chi connectivity index (χ4v) is 7.99. The number of thiazole rings is 1. The molecule has 4 saturated carbocycles. The molecule has 2 heterocycles. The number of aromatic nitrogens is 1. The van der Waals surface area contributed by atoms with E-state index in [9.17, 15) is 9.59 Å². The highest BCUT2D eigenvalue weighted by atomic mass is 32.1. The first-order valence-electron chi connectivity index (χ1n) is 11.4. The molecule has 0 spiro atoms. The van der Waals surface area contributed by atoms with Crippen LogP contribution in [0.1, 0.15) is 75.8 Å². The lowest BCUT2D eigenvalue weighted by Crippen LogP contribution is -2.47. The second-order valence-electron chi connectivity index (χ2n) is 10.7. The standard InChI is InChI=1S/C23H33N3O2S/c1-14(2)5-21(28)26-4-3-18-19(13-26)29-22(24-18)25-20(27)12-23-9-15-6-16(10-23)8-17(7-15)11-23/h14-17H,3-13H2,1-2H3,(H,24,25,27). The maximum atomic E-state index is 12.9. The predicted molar refractivity (Wildman–Crippen MR) is 115 cm³/mol. The summed E-state index contributed by atoms with van der Waals surface area (Å²) < 4.78 is 0. The van der Waals surface area contributed by atoms with Crippen LogP contribution in [-0.2, 0) is 22.6 Å². The molecule has 5 nitrogen and oxygen atoms in total. The predicted octanol–water partition coefficient (Wildman–Crippen LogP) is 4.62. The average molecular weight is 416 g/mol. The van der Waals surface area contributed by atoms with E-state index in [1.165, 1.54) is 38.5 Å². The van der Waals surface area contributed by atoms with Crippen LogP contribution in [0.3, 0.4) is 0 Å². The monoisotopic (exact) mass is 415 g/mol. The summed E-state index contributed by atoms with van der Waals surface area (Å²) in [5.74, 6) is 3.36. The van der Waals surface area contributed by atoms with E-state index in [2.05, 4.69) is 24.1 Å². The smallest absolute Gasteiger partial charge is 0.226 e. The summed E-state index contributed by atoms with van der Waals surface area (Å²) in [6.45, 7) is 5.54. The molecule has 2 amide bonds. The van der Waals surface area contributed by atoms with Crippen molar-refractivity contribution >= 4 is 28.3 Å². The van der Waals surface area contributed by atoms with Crippen LogP contribution in [0.4, 0.5) is 5.13 Å². The SMILES string of the molecule is CC(C)CC(=O)N1CCc2nc(NC(=O)CC34CC5CC(CC(C5)C3)C4)sc2C1. The van der Waals surface area contributed by atoms with Gasteiger partial charge in [0.2, 0.25) is 11.8 Å². The molecule has 0 radical (unpaired) electrons. The van der Waals surface area contributed by atoms with Crippen LogP contribution in [-0.4, -0.2) is 28.2 Å². The topological polar surface area (TPSA) is 62.3 Å². The van der Waals surface area contributed by atoms with Crippen molar-refractivity contribution in [3.8, 4) is 0 Å². The molecule has 0 saturated heterocycles. The third kappa shape index (κ3) is 3.97. The van der Waals surface area contributed by atoms with Crippen LogP contribution < -0.4 is 5.32 Å². The summed E-state index contributed by atoms with van der Waals surface area (Å²) in [6, 6.07) is 0. The molecular weight excluding hydrogens is 382 g/mol. The van der Waals surface area contributed by atoms with Crippen LogP contribution in [0, 0.1) is 29.1 Å². The lowest BCUT2D eigenvalue weighted by molar-refractivity contribution is -0.132. The summed E-state index contributed by atoms with van der Waals surface area (Å²) in [5, 5.41) is 3.84. The van der Waals surface area contributed by atoms with Crippen LogP contribution in [0.15, 0.2) is 0 Å². The Morgan fingerprint density at radius 1 is 1.17 bits per heavy atom. The van der Waals surface area contributed by atoms with Crippen LogP contribution in [0.2, 0.25) is 0 Å². The number of nitrogens with one attached hydrogen (secondary N) is 1. The highest BCUT2D eigenvalue weighted by molar-refractivity contribution is 7.15. The van der Waals surface area contributed by atoms with Crippen molar-refractivity contribution in [1.29, 1.82) is 0 Å². The molecule has 4 bridgehead atoms. The van der Waals surface area contributed by atoms with Gasteiger partial charge in [-0.25, -0.2) is 4.98 Å². The highest BCUT2D eigenvalue weighted by Crippen LogP contribution is 2.61. The van der Waals surface area contributed by atoms with E-state index in [0.29, 0.717) is 25.3 Å². The van der Waals surface area contributed by atoms with Crippen molar-refractivity contribution in [2.45, 2.75) is 78.2 Å². The molecule has 1 aliphatic heterocycles. The average Bonchev–Trinajstić information content (AvgIpc) is 3.00. The second kappa shape index (κ2) is 7.36. The molecule has 1 N–H and O–H groups in total. The second-order valence-corrected chi connectivity index (χ2v) is 11.8. The highest BCUT2D eigenvalue weighted by Gasteiger charge is 2.51. The van der Waals surface area contributed by atoms with E-state index >= 15 is 0 Å². The molecular formula is C23H33N3O2S. The first-order valence-corrected chi connectivity index (χ1v) is 12.3. The van der Waals surface area contributed by atoms with E-state index in [1.54, 1.807) is 11.3 Å². The quantitative estimate of drug-likeness (QED) is 0.763. The molecule has 6 heteroatoms. The van der Waals surface area contributed by atoms with Gasteiger partial charge in [-0.1, -0.05) is 25.2 Å². The zero-order chi connectivity index (χ0) is 20.2. The summed E-state index contributed by atoms with van der Waals surface area (Å²) in [6.07, 6.45) is 10.1. The Morgan fingerprint density at radius 3 is 2.45 bits per heavy atom. The number of rotatable bonds is 5. The molecule has 0 aromatic carbocycles. The van der Waals surface area contributed by atoms with Gasteiger partial charge in [-0.15, -0.1) is 0 Å². The van der Waals surface area contributed by atoms with Crippen molar-refractivity contribution < 1.29 is 9.59 Å². The van der Waals surface area contributed by atoms with E-state index in [0.717, 1.165) is 46.4 Å². The number of hydrogen-bond donors (Lipinski definition) is 1. The number of anilines is 1. The van der Waals surface area contributed by atoms with Gasteiger partial charge in [0.05, 0.1) is 12.2 Å². The molecule has 4 fully saturated rings.